The maximum absolute atomic E-state index is 11.4. The number of aryl methyl sites for hydroxylation is 1. The second kappa shape index (κ2) is 3.42. The lowest BCUT2D eigenvalue weighted by Crippen LogP contribution is -2.39. The van der Waals surface area contributed by atoms with Gasteiger partial charge in [-0.15, -0.1) is 0 Å². The Kier molecular flexibility index (Phi) is 2.47. The van der Waals surface area contributed by atoms with E-state index in [0.717, 1.165) is 18.4 Å². The molecule has 2 rings (SSSR count). The molecule has 5 heteroatoms. The predicted molar refractivity (Wildman–Crippen MR) is 57.3 cm³/mol. The van der Waals surface area contributed by atoms with E-state index in [1.807, 2.05) is 12.1 Å². The van der Waals surface area contributed by atoms with Gasteiger partial charge in [-0.2, -0.15) is 0 Å². The molecule has 0 saturated carbocycles. The Balaban J connectivity index is 2.60. The molecule has 4 N–H and O–H groups in total. The number of nitrogens with two attached hydrogens (primary N) is 1. The highest BCUT2D eigenvalue weighted by atomic mass is 31.2. The van der Waals surface area contributed by atoms with Crippen molar-refractivity contribution in [3.8, 4) is 0 Å². The molecule has 4 nitrogen and oxygen atoms in total. The first-order chi connectivity index (χ1) is 6.95. The van der Waals surface area contributed by atoms with E-state index in [9.17, 15) is 14.4 Å². The number of hydrogen-bond acceptors (Lipinski definition) is 2. The van der Waals surface area contributed by atoms with Gasteiger partial charge in [-0.1, -0.05) is 24.3 Å². The van der Waals surface area contributed by atoms with Crippen LogP contribution < -0.4 is 5.73 Å². The fourth-order valence-electron chi connectivity index (χ4n) is 2.15. The van der Waals surface area contributed by atoms with Crippen molar-refractivity contribution in [2.75, 3.05) is 0 Å². The Hall–Kier alpha value is -0.670. The van der Waals surface area contributed by atoms with Crippen molar-refractivity contribution in [3.05, 3.63) is 35.4 Å². The van der Waals surface area contributed by atoms with E-state index in [4.69, 9.17) is 5.73 Å². The average Bonchev–Trinajstić information content (AvgIpc) is 2.17. The van der Waals surface area contributed by atoms with E-state index >= 15 is 0 Å². The second-order valence-electron chi connectivity index (χ2n) is 3.98. The first-order valence-corrected chi connectivity index (χ1v) is 6.49. The van der Waals surface area contributed by atoms with E-state index in [0.29, 0.717) is 12.0 Å². The van der Waals surface area contributed by atoms with E-state index in [1.165, 1.54) is 0 Å². The minimum atomic E-state index is -4.31. The minimum absolute atomic E-state index is 0.342. The lowest BCUT2D eigenvalue weighted by molar-refractivity contribution is 0.310. The Morgan fingerprint density at radius 1 is 1.33 bits per heavy atom. The van der Waals surface area contributed by atoms with Crippen molar-refractivity contribution in [1.82, 2.24) is 0 Å². The summed E-state index contributed by atoms with van der Waals surface area (Å²) in [6.07, 6.45) is 1.90. The van der Waals surface area contributed by atoms with Gasteiger partial charge in [0.1, 0.15) is 5.28 Å². The number of rotatable bonds is 1. The molecule has 1 aromatic carbocycles. The van der Waals surface area contributed by atoms with Crippen LogP contribution in [-0.4, -0.2) is 9.79 Å². The normalized spacial score (nSPS) is 26.1. The Morgan fingerprint density at radius 3 is 2.67 bits per heavy atom. The molecule has 1 aromatic rings. The monoisotopic (exact) mass is 227 g/mol. The summed E-state index contributed by atoms with van der Waals surface area (Å²) in [6, 6.07) is 7.23. The molecule has 0 heterocycles. The smallest absolute Gasteiger partial charge is 0.323 e. The molecule has 0 unspecified atom stereocenters. The summed E-state index contributed by atoms with van der Waals surface area (Å²) < 4.78 is 11.4. The van der Waals surface area contributed by atoms with Crippen LogP contribution in [0.1, 0.15) is 24.0 Å². The molecule has 0 fully saturated rings. The fraction of sp³-hybridized carbons (Fsp3) is 0.400. The molecule has 0 aromatic heterocycles. The van der Waals surface area contributed by atoms with Crippen molar-refractivity contribution >= 4 is 7.60 Å². The van der Waals surface area contributed by atoms with Crippen LogP contribution >= 0.6 is 7.60 Å². The van der Waals surface area contributed by atoms with Crippen LogP contribution in [0, 0.1) is 0 Å². The Morgan fingerprint density at radius 2 is 2.00 bits per heavy atom. The zero-order valence-corrected chi connectivity index (χ0v) is 9.15. The third-order valence-corrected chi connectivity index (χ3v) is 4.51. The first kappa shape index (κ1) is 10.8. The van der Waals surface area contributed by atoms with E-state index in [-0.39, 0.29) is 0 Å². The second-order valence-corrected chi connectivity index (χ2v) is 5.87. The number of benzene rings is 1. The fourth-order valence-corrected chi connectivity index (χ4v) is 3.13. The SMILES string of the molecule is N[C@]1(P(=O)(O)O)CCCc2ccccc21. The molecule has 0 bridgehead atoms. The van der Waals surface area contributed by atoms with Crippen molar-refractivity contribution in [2.24, 2.45) is 5.73 Å². The molecule has 0 saturated heterocycles. The van der Waals surface area contributed by atoms with Crippen LogP contribution in [0.5, 0.6) is 0 Å². The van der Waals surface area contributed by atoms with E-state index < -0.39 is 12.9 Å². The van der Waals surface area contributed by atoms with E-state index in [2.05, 4.69) is 0 Å². The summed E-state index contributed by atoms with van der Waals surface area (Å²) in [6.45, 7) is 0. The van der Waals surface area contributed by atoms with Gasteiger partial charge in [-0.3, -0.25) is 4.57 Å². The van der Waals surface area contributed by atoms with Gasteiger partial charge >= 0.3 is 7.60 Å². The molecule has 82 valence electrons. The number of fused-ring (bicyclic) bond motifs is 1. The largest absolute Gasteiger partial charge is 0.349 e. The minimum Gasteiger partial charge on any atom is -0.323 e. The Bertz CT molecular complexity index is 428. The molecule has 1 aliphatic rings. The summed E-state index contributed by atoms with van der Waals surface area (Å²) in [5, 5.41) is -1.48. The van der Waals surface area contributed by atoms with Gasteiger partial charge in [0.25, 0.3) is 0 Å². The quantitative estimate of drug-likeness (QED) is 0.631. The summed E-state index contributed by atoms with van der Waals surface area (Å²) in [5.74, 6) is 0. The molecule has 0 radical (unpaired) electrons. The molecule has 0 amide bonds. The van der Waals surface area contributed by atoms with Crippen molar-refractivity contribution in [2.45, 2.75) is 24.5 Å². The summed E-state index contributed by atoms with van der Waals surface area (Å²) >= 11 is 0. The lowest BCUT2D eigenvalue weighted by Gasteiger charge is -2.35. The molecule has 15 heavy (non-hydrogen) atoms. The van der Waals surface area contributed by atoms with Crippen molar-refractivity contribution in [3.63, 3.8) is 0 Å². The lowest BCUT2D eigenvalue weighted by atomic mass is 9.88. The van der Waals surface area contributed by atoms with Crippen LogP contribution in [-0.2, 0) is 16.3 Å². The van der Waals surface area contributed by atoms with Crippen molar-refractivity contribution < 1.29 is 14.4 Å². The van der Waals surface area contributed by atoms with Crippen LogP contribution in [0.4, 0.5) is 0 Å². The molecule has 0 spiro atoms. The summed E-state index contributed by atoms with van der Waals surface area (Å²) in [7, 11) is -4.31. The highest BCUT2D eigenvalue weighted by Gasteiger charge is 2.47. The zero-order valence-electron chi connectivity index (χ0n) is 8.26. The van der Waals surface area contributed by atoms with Crippen LogP contribution in [0.25, 0.3) is 0 Å². The van der Waals surface area contributed by atoms with E-state index in [1.54, 1.807) is 12.1 Å². The zero-order chi connectivity index (χ0) is 11.1. The van der Waals surface area contributed by atoms with Gasteiger partial charge in [0.15, 0.2) is 0 Å². The molecular weight excluding hydrogens is 213 g/mol. The van der Waals surface area contributed by atoms with Gasteiger partial charge in [0.05, 0.1) is 0 Å². The van der Waals surface area contributed by atoms with Gasteiger partial charge in [-0.25, -0.2) is 0 Å². The molecule has 1 atom stereocenters. The first-order valence-electron chi connectivity index (χ1n) is 4.88. The van der Waals surface area contributed by atoms with Gasteiger partial charge < -0.3 is 15.5 Å². The van der Waals surface area contributed by atoms with Crippen molar-refractivity contribution in [1.29, 1.82) is 0 Å². The van der Waals surface area contributed by atoms with Crippen LogP contribution in [0.2, 0.25) is 0 Å². The third-order valence-electron chi connectivity index (χ3n) is 3.01. The molecule has 0 aliphatic heterocycles. The Labute approximate surface area is 88.3 Å². The average molecular weight is 227 g/mol. The standard InChI is InChI=1S/C10H14NO3P/c11-10(15(12,13)14)7-3-5-8-4-1-2-6-9(8)10/h1-2,4,6H,3,5,7,11H2,(H2,12,13,14)/t10-/m0/s1. The summed E-state index contributed by atoms with van der Waals surface area (Å²) in [5.41, 5.74) is 7.44. The highest BCUT2D eigenvalue weighted by Crippen LogP contribution is 2.58. The van der Waals surface area contributed by atoms with Gasteiger partial charge in [0, 0.05) is 0 Å². The number of hydrogen-bond donors (Lipinski definition) is 3. The predicted octanol–water partition coefficient (Wildman–Crippen LogP) is 1.31. The highest BCUT2D eigenvalue weighted by molar-refractivity contribution is 7.53. The third kappa shape index (κ3) is 1.64. The maximum atomic E-state index is 11.4. The molecule has 1 aliphatic carbocycles. The topological polar surface area (TPSA) is 83.6 Å². The van der Waals surface area contributed by atoms with Gasteiger partial charge in [0.2, 0.25) is 0 Å². The summed E-state index contributed by atoms with van der Waals surface area (Å²) in [4.78, 5) is 18.7. The maximum Gasteiger partial charge on any atom is 0.349 e. The molecular formula is C10H14NO3P. The van der Waals surface area contributed by atoms with Crippen LogP contribution in [0.15, 0.2) is 24.3 Å². The van der Waals surface area contributed by atoms with Gasteiger partial charge in [-0.05, 0) is 30.4 Å². The van der Waals surface area contributed by atoms with Crippen LogP contribution in [0.3, 0.4) is 0 Å².